The minimum atomic E-state index is -0.525. The lowest BCUT2D eigenvalue weighted by Crippen LogP contribution is -2.29. The average molecular weight is 413 g/mol. The minimum Gasteiger partial charge on any atom is -0.322 e. The van der Waals surface area contributed by atoms with Crippen molar-refractivity contribution in [1.29, 1.82) is 0 Å². The molecule has 0 aromatic heterocycles. The van der Waals surface area contributed by atoms with Gasteiger partial charge in [0.2, 0.25) is 5.91 Å². The zero-order chi connectivity index (χ0) is 22.0. The number of nitro benzene ring substituents is 1. The number of anilines is 2. The first-order valence-corrected chi connectivity index (χ1v) is 9.26. The molecule has 0 spiro atoms. The normalized spacial score (nSPS) is 12.8. The van der Waals surface area contributed by atoms with Gasteiger partial charge in [-0.2, -0.15) is 0 Å². The molecule has 0 fully saturated rings. The number of para-hydroxylation sites is 1. The summed E-state index contributed by atoms with van der Waals surface area (Å²) < 4.78 is 0. The first-order chi connectivity index (χ1) is 15.0. The molecule has 4 rings (SSSR count). The van der Waals surface area contributed by atoms with Gasteiger partial charge in [-0.25, -0.2) is 4.90 Å². The van der Waals surface area contributed by atoms with Crippen LogP contribution in [0, 0.1) is 10.1 Å². The monoisotopic (exact) mass is 413 g/mol. The fraction of sp³-hybridized carbons (Fsp3) is 0. The van der Waals surface area contributed by atoms with E-state index in [0.717, 1.165) is 4.90 Å². The van der Waals surface area contributed by atoms with Crippen LogP contribution < -0.4 is 10.2 Å². The Balaban J connectivity index is 1.52. The minimum absolute atomic E-state index is 0.112. The molecule has 1 aliphatic rings. The summed E-state index contributed by atoms with van der Waals surface area (Å²) in [6, 6.07) is 19.0. The van der Waals surface area contributed by atoms with Crippen molar-refractivity contribution >= 4 is 40.9 Å². The molecule has 3 aromatic rings. The van der Waals surface area contributed by atoms with Crippen LogP contribution in [0.5, 0.6) is 0 Å². The molecule has 0 unspecified atom stereocenters. The summed E-state index contributed by atoms with van der Waals surface area (Å²) in [7, 11) is 0. The molecule has 8 heteroatoms. The number of benzene rings is 3. The maximum atomic E-state index is 12.6. The topological polar surface area (TPSA) is 110 Å². The molecule has 0 saturated carbocycles. The van der Waals surface area contributed by atoms with Crippen molar-refractivity contribution in [2.75, 3.05) is 10.2 Å². The molecule has 1 aliphatic heterocycles. The predicted octanol–water partition coefficient (Wildman–Crippen LogP) is 4.05. The molecule has 0 bridgehead atoms. The number of nitro groups is 1. The van der Waals surface area contributed by atoms with E-state index in [-0.39, 0.29) is 5.69 Å². The first-order valence-electron chi connectivity index (χ1n) is 9.26. The van der Waals surface area contributed by atoms with Crippen molar-refractivity contribution in [3.05, 3.63) is 106 Å². The van der Waals surface area contributed by atoms with Crippen LogP contribution in [0.2, 0.25) is 0 Å². The van der Waals surface area contributed by atoms with Crippen molar-refractivity contribution in [1.82, 2.24) is 0 Å². The molecular weight excluding hydrogens is 398 g/mol. The fourth-order valence-electron chi connectivity index (χ4n) is 3.29. The predicted molar refractivity (Wildman–Crippen MR) is 115 cm³/mol. The second kappa shape index (κ2) is 8.03. The van der Waals surface area contributed by atoms with Crippen LogP contribution >= 0.6 is 0 Å². The molecule has 1 N–H and O–H groups in total. The van der Waals surface area contributed by atoms with Gasteiger partial charge in [0, 0.05) is 17.8 Å². The first kappa shape index (κ1) is 19.7. The smallest absolute Gasteiger partial charge is 0.276 e. The number of nitrogens with one attached hydrogen (secondary N) is 1. The van der Waals surface area contributed by atoms with E-state index >= 15 is 0 Å². The second-order valence-corrected chi connectivity index (χ2v) is 6.68. The van der Waals surface area contributed by atoms with Crippen molar-refractivity contribution in [2.24, 2.45) is 0 Å². The molecule has 0 aliphatic carbocycles. The van der Waals surface area contributed by atoms with E-state index in [0.29, 0.717) is 28.1 Å². The van der Waals surface area contributed by atoms with E-state index in [1.54, 1.807) is 54.6 Å². The van der Waals surface area contributed by atoms with E-state index < -0.39 is 22.6 Å². The van der Waals surface area contributed by atoms with Gasteiger partial charge in [-0.1, -0.05) is 30.3 Å². The zero-order valence-electron chi connectivity index (χ0n) is 16.0. The number of hydrogen-bond donors (Lipinski definition) is 1. The third kappa shape index (κ3) is 3.82. The lowest BCUT2D eigenvalue weighted by Gasteiger charge is -2.15. The number of rotatable bonds is 5. The average Bonchev–Trinajstić information content (AvgIpc) is 3.03. The summed E-state index contributed by atoms with van der Waals surface area (Å²) in [4.78, 5) is 49.2. The summed E-state index contributed by atoms with van der Waals surface area (Å²) in [5.74, 6) is -1.38. The lowest BCUT2D eigenvalue weighted by molar-refractivity contribution is -0.385. The summed E-state index contributed by atoms with van der Waals surface area (Å²) in [6.45, 7) is 0. The summed E-state index contributed by atoms with van der Waals surface area (Å²) >= 11 is 0. The summed E-state index contributed by atoms with van der Waals surface area (Å²) in [6.07, 6.45) is 2.53. The van der Waals surface area contributed by atoms with Gasteiger partial charge < -0.3 is 5.32 Å². The van der Waals surface area contributed by atoms with Crippen molar-refractivity contribution < 1.29 is 19.3 Å². The van der Waals surface area contributed by atoms with Gasteiger partial charge in [0.25, 0.3) is 17.5 Å². The van der Waals surface area contributed by atoms with Crippen molar-refractivity contribution in [3.8, 4) is 0 Å². The van der Waals surface area contributed by atoms with Crippen LogP contribution in [-0.4, -0.2) is 22.6 Å². The summed E-state index contributed by atoms with van der Waals surface area (Å²) in [5, 5.41) is 13.7. The van der Waals surface area contributed by atoms with E-state index in [2.05, 4.69) is 5.32 Å². The molecule has 152 valence electrons. The van der Waals surface area contributed by atoms with Crippen LogP contribution in [0.3, 0.4) is 0 Å². The quantitative estimate of drug-likeness (QED) is 0.294. The number of hydrogen-bond acceptors (Lipinski definition) is 5. The Kier molecular flexibility index (Phi) is 5.11. The Bertz CT molecular complexity index is 1230. The SMILES string of the molecule is O=C(/C=C/c1ccccc1[N+](=O)[O-])Nc1cccc(N2C(=O)c3ccccc3C2=O)c1. The van der Waals surface area contributed by atoms with E-state index in [1.165, 1.54) is 30.4 Å². The van der Waals surface area contributed by atoms with E-state index in [1.807, 2.05) is 0 Å². The van der Waals surface area contributed by atoms with E-state index in [4.69, 9.17) is 0 Å². The highest BCUT2D eigenvalue weighted by atomic mass is 16.6. The van der Waals surface area contributed by atoms with Gasteiger partial charge >= 0.3 is 0 Å². The van der Waals surface area contributed by atoms with Crippen molar-refractivity contribution in [2.45, 2.75) is 0 Å². The molecule has 31 heavy (non-hydrogen) atoms. The Morgan fingerprint density at radius 1 is 0.903 bits per heavy atom. The number of imide groups is 1. The lowest BCUT2D eigenvalue weighted by atomic mass is 10.1. The molecule has 0 radical (unpaired) electrons. The van der Waals surface area contributed by atoms with Crippen LogP contribution in [0.1, 0.15) is 26.3 Å². The van der Waals surface area contributed by atoms with Gasteiger partial charge in [-0.3, -0.25) is 24.5 Å². The molecule has 8 nitrogen and oxygen atoms in total. The van der Waals surface area contributed by atoms with Crippen molar-refractivity contribution in [3.63, 3.8) is 0 Å². The molecule has 3 aromatic carbocycles. The van der Waals surface area contributed by atoms with Gasteiger partial charge in [0.1, 0.15) is 0 Å². The van der Waals surface area contributed by atoms with Gasteiger partial charge in [0.15, 0.2) is 0 Å². The highest BCUT2D eigenvalue weighted by Gasteiger charge is 2.36. The van der Waals surface area contributed by atoms with Gasteiger partial charge in [-0.05, 0) is 42.5 Å². The van der Waals surface area contributed by atoms with Crippen LogP contribution in [0.25, 0.3) is 6.08 Å². The highest BCUT2D eigenvalue weighted by molar-refractivity contribution is 6.34. The highest BCUT2D eigenvalue weighted by Crippen LogP contribution is 2.29. The molecule has 1 heterocycles. The number of nitrogens with zero attached hydrogens (tertiary/aromatic N) is 2. The molecule has 0 atom stereocenters. The summed E-state index contributed by atoms with van der Waals surface area (Å²) in [5.41, 5.74) is 1.53. The van der Waals surface area contributed by atoms with E-state index in [9.17, 15) is 24.5 Å². The fourth-order valence-corrected chi connectivity index (χ4v) is 3.29. The van der Waals surface area contributed by atoms with Gasteiger partial charge in [-0.15, -0.1) is 0 Å². The standard InChI is InChI=1S/C23H15N3O5/c27-21(13-12-15-6-1-4-11-20(15)26(30)31)24-16-7-5-8-17(14-16)25-22(28)18-9-2-3-10-19(18)23(25)29/h1-14H,(H,24,27)/b13-12+. The third-order valence-corrected chi connectivity index (χ3v) is 4.71. The zero-order valence-corrected chi connectivity index (χ0v) is 16.0. The Hall–Kier alpha value is -4.59. The second-order valence-electron chi connectivity index (χ2n) is 6.68. The number of fused-ring (bicyclic) bond motifs is 1. The number of carbonyl (C=O) groups is 3. The number of amides is 3. The number of carbonyl (C=O) groups excluding carboxylic acids is 3. The largest absolute Gasteiger partial charge is 0.322 e. The molecule has 3 amide bonds. The van der Waals surface area contributed by atoms with Gasteiger partial charge in [0.05, 0.1) is 27.3 Å². The maximum Gasteiger partial charge on any atom is 0.276 e. The van der Waals surface area contributed by atoms with Crippen LogP contribution in [0.15, 0.2) is 78.9 Å². The van der Waals surface area contributed by atoms with Crippen LogP contribution in [-0.2, 0) is 4.79 Å². The Morgan fingerprint density at radius 3 is 2.23 bits per heavy atom. The molecule has 0 saturated heterocycles. The Labute approximate surface area is 176 Å². The Morgan fingerprint density at radius 2 is 1.55 bits per heavy atom. The van der Waals surface area contributed by atoms with Crippen LogP contribution in [0.4, 0.5) is 17.1 Å². The molecular formula is C23H15N3O5. The maximum absolute atomic E-state index is 12.6. The third-order valence-electron chi connectivity index (χ3n) is 4.71.